The Balaban J connectivity index is 1.86. The van der Waals surface area contributed by atoms with E-state index in [1.165, 1.54) is 31.4 Å². The standard InChI is InChI=1S/C22H22N2O5S2/c1-17-12-13-19(31(27,28)24-20-10-6-7-11-22(20)29-2)16-21(17)23-30(25,26)15-14-18-8-4-3-5-9-18/h3-16,23-24H,1-2H3/b15-14+. The molecule has 0 atom stereocenters. The molecule has 162 valence electrons. The van der Waals surface area contributed by atoms with E-state index in [2.05, 4.69) is 9.44 Å². The topological polar surface area (TPSA) is 102 Å². The Bertz CT molecular complexity index is 1300. The first-order chi connectivity index (χ1) is 14.7. The zero-order valence-electron chi connectivity index (χ0n) is 16.9. The molecule has 0 aliphatic carbocycles. The molecule has 0 aliphatic rings. The Morgan fingerprint density at radius 2 is 1.48 bits per heavy atom. The van der Waals surface area contributed by atoms with Gasteiger partial charge in [0.05, 0.1) is 28.8 Å². The van der Waals surface area contributed by atoms with Crippen LogP contribution in [-0.4, -0.2) is 23.9 Å². The van der Waals surface area contributed by atoms with Crippen LogP contribution in [0, 0.1) is 6.92 Å². The zero-order valence-corrected chi connectivity index (χ0v) is 18.6. The van der Waals surface area contributed by atoms with Gasteiger partial charge in [0.1, 0.15) is 5.75 Å². The molecule has 0 aromatic heterocycles. The first kappa shape index (κ1) is 22.4. The van der Waals surface area contributed by atoms with Crippen molar-refractivity contribution >= 4 is 37.5 Å². The van der Waals surface area contributed by atoms with E-state index in [0.717, 1.165) is 11.0 Å². The molecular formula is C22H22N2O5S2. The molecule has 3 aromatic carbocycles. The van der Waals surface area contributed by atoms with Crippen molar-refractivity contribution < 1.29 is 21.6 Å². The lowest BCUT2D eigenvalue weighted by atomic mass is 10.2. The minimum absolute atomic E-state index is 0.0891. The molecule has 2 N–H and O–H groups in total. The van der Waals surface area contributed by atoms with Crippen LogP contribution < -0.4 is 14.2 Å². The normalized spacial score (nSPS) is 11.9. The van der Waals surface area contributed by atoms with Crippen LogP contribution >= 0.6 is 0 Å². The Kier molecular flexibility index (Phi) is 6.67. The van der Waals surface area contributed by atoms with Crippen molar-refractivity contribution in [1.82, 2.24) is 0 Å². The molecular weight excluding hydrogens is 436 g/mol. The summed E-state index contributed by atoms with van der Waals surface area (Å²) in [7, 11) is -6.39. The summed E-state index contributed by atoms with van der Waals surface area (Å²) in [5.74, 6) is 0.366. The van der Waals surface area contributed by atoms with Crippen molar-refractivity contribution in [3.05, 3.63) is 89.3 Å². The van der Waals surface area contributed by atoms with Crippen LogP contribution in [0.4, 0.5) is 11.4 Å². The smallest absolute Gasteiger partial charge is 0.262 e. The highest BCUT2D eigenvalue weighted by Gasteiger charge is 2.19. The summed E-state index contributed by atoms with van der Waals surface area (Å²) in [5.41, 5.74) is 1.74. The molecule has 0 bridgehead atoms. The summed E-state index contributed by atoms with van der Waals surface area (Å²) in [6.07, 6.45) is 1.46. The van der Waals surface area contributed by atoms with E-state index in [1.807, 2.05) is 6.07 Å². The number of anilines is 2. The van der Waals surface area contributed by atoms with E-state index in [1.54, 1.807) is 55.5 Å². The summed E-state index contributed by atoms with van der Waals surface area (Å²) >= 11 is 0. The highest BCUT2D eigenvalue weighted by Crippen LogP contribution is 2.28. The number of methoxy groups -OCH3 is 1. The van der Waals surface area contributed by atoms with Crippen molar-refractivity contribution in [2.45, 2.75) is 11.8 Å². The van der Waals surface area contributed by atoms with Gasteiger partial charge in [-0.3, -0.25) is 9.44 Å². The SMILES string of the molecule is COc1ccccc1NS(=O)(=O)c1ccc(C)c(NS(=O)(=O)/C=C/c2ccccc2)c1. The third-order valence-corrected chi connectivity index (χ3v) is 6.72. The molecule has 0 saturated heterocycles. The molecule has 3 aromatic rings. The Morgan fingerprint density at radius 1 is 0.806 bits per heavy atom. The molecule has 0 amide bonds. The average molecular weight is 459 g/mol. The highest BCUT2D eigenvalue weighted by atomic mass is 32.2. The maximum Gasteiger partial charge on any atom is 0.262 e. The van der Waals surface area contributed by atoms with Crippen molar-refractivity contribution in [2.75, 3.05) is 16.6 Å². The number of aryl methyl sites for hydroxylation is 1. The van der Waals surface area contributed by atoms with Crippen molar-refractivity contribution in [3.63, 3.8) is 0 Å². The molecule has 3 rings (SSSR count). The van der Waals surface area contributed by atoms with Gasteiger partial charge < -0.3 is 4.74 Å². The fourth-order valence-corrected chi connectivity index (χ4v) is 4.76. The Labute approximate surface area is 182 Å². The monoisotopic (exact) mass is 458 g/mol. The van der Waals surface area contributed by atoms with E-state index < -0.39 is 20.0 Å². The summed E-state index contributed by atoms with van der Waals surface area (Å²) < 4.78 is 60.7. The average Bonchev–Trinajstić information content (AvgIpc) is 2.74. The van der Waals surface area contributed by atoms with Crippen LogP contribution in [0.25, 0.3) is 6.08 Å². The number of rotatable bonds is 8. The summed E-state index contributed by atoms with van der Waals surface area (Å²) in [6, 6.07) is 19.8. The van der Waals surface area contributed by atoms with E-state index in [0.29, 0.717) is 11.3 Å². The maximum atomic E-state index is 12.9. The highest BCUT2D eigenvalue weighted by molar-refractivity contribution is 7.95. The molecule has 7 nitrogen and oxygen atoms in total. The lowest BCUT2D eigenvalue weighted by Crippen LogP contribution is -2.15. The van der Waals surface area contributed by atoms with Gasteiger partial charge in [-0.25, -0.2) is 16.8 Å². The van der Waals surface area contributed by atoms with Crippen LogP contribution in [0.3, 0.4) is 0 Å². The number of nitrogens with one attached hydrogen (secondary N) is 2. The van der Waals surface area contributed by atoms with Crippen LogP contribution in [0.1, 0.15) is 11.1 Å². The van der Waals surface area contributed by atoms with Crippen molar-refractivity contribution in [3.8, 4) is 5.75 Å². The van der Waals surface area contributed by atoms with E-state index in [4.69, 9.17) is 4.74 Å². The Morgan fingerprint density at radius 3 is 2.19 bits per heavy atom. The van der Waals surface area contributed by atoms with E-state index in [9.17, 15) is 16.8 Å². The zero-order chi connectivity index (χ0) is 22.5. The predicted octanol–water partition coefficient (Wildman–Crippen LogP) is 4.22. The van der Waals surface area contributed by atoms with Gasteiger partial charge >= 0.3 is 0 Å². The quantitative estimate of drug-likeness (QED) is 0.526. The van der Waals surface area contributed by atoms with Gasteiger partial charge in [-0.05, 0) is 48.4 Å². The number of sulfonamides is 2. The molecule has 0 radical (unpaired) electrons. The second kappa shape index (κ2) is 9.23. The first-order valence-electron chi connectivity index (χ1n) is 9.23. The molecule has 31 heavy (non-hydrogen) atoms. The van der Waals surface area contributed by atoms with Crippen molar-refractivity contribution in [2.24, 2.45) is 0 Å². The third kappa shape index (κ3) is 5.87. The summed E-state index contributed by atoms with van der Waals surface area (Å²) in [6.45, 7) is 1.68. The van der Waals surface area contributed by atoms with Gasteiger partial charge in [0.2, 0.25) is 0 Å². The van der Waals surface area contributed by atoms with Crippen molar-refractivity contribution in [1.29, 1.82) is 0 Å². The fraction of sp³-hybridized carbons (Fsp3) is 0.0909. The second-order valence-electron chi connectivity index (χ2n) is 6.64. The molecule has 0 saturated carbocycles. The van der Waals surface area contributed by atoms with Gasteiger partial charge in [-0.1, -0.05) is 48.5 Å². The lowest BCUT2D eigenvalue weighted by Gasteiger charge is -2.14. The van der Waals surface area contributed by atoms with Crippen LogP contribution in [0.5, 0.6) is 5.75 Å². The van der Waals surface area contributed by atoms with Gasteiger partial charge in [-0.15, -0.1) is 0 Å². The molecule has 0 heterocycles. The maximum absolute atomic E-state index is 12.9. The first-order valence-corrected chi connectivity index (χ1v) is 12.3. The van der Waals surface area contributed by atoms with Crippen LogP contribution in [0.15, 0.2) is 83.1 Å². The van der Waals surface area contributed by atoms with E-state index in [-0.39, 0.29) is 16.3 Å². The fourth-order valence-electron chi connectivity index (χ4n) is 2.73. The number of hydrogen-bond acceptors (Lipinski definition) is 5. The van der Waals surface area contributed by atoms with Gasteiger partial charge in [0.25, 0.3) is 20.0 Å². The Hall–Kier alpha value is -3.30. The second-order valence-corrected chi connectivity index (χ2v) is 9.89. The molecule has 0 fully saturated rings. The number of hydrogen-bond donors (Lipinski definition) is 2. The summed E-state index contributed by atoms with van der Waals surface area (Å²) in [5, 5.41) is 1.04. The van der Waals surface area contributed by atoms with Gasteiger partial charge in [-0.2, -0.15) is 0 Å². The summed E-state index contributed by atoms with van der Waals surface area (Å²) in [4.78, 5) is -0.0891. The molecule has 9 heteroatoms. The molecule has 0 spiro atoms. The number of ether oxygens (including phenoxy) is 1. The minimum atomic E-state index is -3.98. The van der Waals surface area contributed by atoms with Gasteiger partial charge in [0.15, 0.2) is 0 Å². The molecule has 0 aliphatic heterocycles. The number of benzene rings is 3. The van der Waals surface area contributed by atoms with E-state index >= 15 is 0 Å². The third-order valence-electron chi connectivity index (χ3n) is 4.36. The van der Waals surface area contributed by atoms with Crippen LogP contribution in [-0.2, 0) is 20.0 Å². The molecule has 0 unspecified atom stereocenters. The minimum Gasteiger partial charge on any atom is -0.495 e. The lowest BCUT2D eigenvalue weighted by molar-refractivity contribution is 0.417. The largest absolute Gasteiger partial charge is 0.495 e. The van der Waals surface area contributed by atoms with Gasteiger partial charge in [0, 0.05) is 0 Å². The predicted molar refractivity (Wildman–Crippen MR) is 123 cm³/mol. The van der Waals surface area contributed by atoms with Crippen LogP contribution in [0.2, 0.25) is 0 Å². The number of para-hydroxylation sites is 2.